The van der Waals surface area contributed by atoms with Gasteiger partial charge in [0, 0.05) is 0 Å². The van der Waals surface area contributed by atoms with Crippen molar-refractivity contribution in [1.82, 2.24) is 5.32 Å². The Morgan fingerprint density at radius 1 is 1.11 bits per heavy atom. The standard InChI is InChI=1S/C16H14ClNO/c17-14-8-4-3-7-13(14)16(19)18-15-10-9-11-5-1-2-6-12(11)15/h1-8,15H,9-10H2,(H,18,19)/t15-/m0/s1. The Balaban J connectivity index is 1.81. The quantitative estimate of drug-likeness (QED) is 0.885. The molecule has 0 radical (unpaired) electrons. The van der Waals surface area contributed by atoms with Gasteiger partial charge in [0.05, 0.1) is 16.6 Å². The molecule has 0 aliphatic heterocycles. The first kappa shape index (κ1) is 12.2. The van der Waals surface area contributed by atoms with Gasteiger partial charge in [-0.1, -0.05) is 48.0 Å². The highest BCUT2D eigenvalue weighted by Gasteiger charge is 2.24. The number of halogens is 1. The molecule has 96 valence electrons. The average Bonchev–Trinajstić information content (AvgIpc) is 2.83. The number of rotatable bonds is 2. The summed E-state index contributed by atoms with van der Waals surface area (Å²) >= 11 is 6.04. The van der Waals surface area contributed by atoms with Gasteiger partial charge in [-0.25, -0.2) is 0 Å². The van der Waals surface area contributed by atoms with Crippen LogP contribution in [-0.2, 0) is 6.42 Å². The van der Waals surface area contributed by atoms with Crippen LogP contribution in [0.15, 0.2) is 48.5 Å². The van der Waals surface area contributed by atoms with Gasteiger partial charge in [0.1, 0.15) is 0 Å². The third-order valence-corrected chi connectivity index (χ3v) is 3.89. The van der Waals surface area contributed by atoms with Crippen LogP contribution in [0.4, 0.5) is 0 Å². The molecule has 0 bridgehead atoms. The van der Waals surface area contributed by atoms with Crippen LogP contribution < -0.4 is 5.32 Å². The first-order valence-electron chi connectivity index (χ1n) is 6.39. The summed E-state index contributed by atoms with van der Waals surface area (Å²) in [5.74, 6) is -0.104. The monoisotopic (exact) mass is 271 g/mol. The lowest BCUT2D eigenvalue weighted by molar-refractivity contribution is 0.0937. The predicted molar refractivity (Wildman–Crippen MR) is 76.4 cm³/mol. The molecule has 2 aromatic carbocycles. The maximum Gasteiger partial charge on any atom is 0.253 e. The lowest BCUT2D eigenvalue weighted by atomic mass is 10.1. The van der Waals surface area contributed by atoms with Crippen molar-refractivity contribution >= 4 is 17.5 Å². The molecule has 0 aromatic heterocycles. The highest BCUT2D eigenvalue weighted by atomic mass is 35.5. The largest absolute Gasteiger partial charge is 0.345 e. The van der Waals surface area contributed by atoms with Gasteiger partial charge in [-0.15, -0.1) is 0 Å². The van der Waals surface area contributed by atoms with Gasteiger partial charge in [0.25, 0.3) is 5.91 Å². The van der Waals surface area contributed by atoms with Crippen molar-refractivity contribution in [2.24, 2.45) is 0 Å². The normalized spacial score (nSPS) is 17.0. The van der Waals surface area contributed by atoms with E-state index in [1.807, 2.05) is 24.3 Å². The molecule has 0 unspecified atom stereocenters. The molecule has 2 nitrogen and oxygen atoms in total. The van der Waals surface area contributed by atoms with Crippen molar-refractivity contribution in [3.05, 3.63) is 70.2 Å². The Labute approximate surface area is 117 Å². The van der Waals surface area contributed by atoms with Crippen molar-refractivity contribution in [3.63, 3.8) is 0 Å². The molecule has 3 heteroatoms. The number of aryl methyl sites for hydroxylation is 1. The molecule has 3 rings (SSSR count). The minimum atomic E-state index is -0.104. The van der Waals surface area contributed by atoms with Gasteiger partial charge in [-0.3, -0.25) is 4.79 Å². The van der Waals surface area contributed by atoms with Gasteiger partial charge in [-0.05, 0) is 36.1 Å². The zero-order valence-electron chi connectivity index (χ0n) is 10.4. The van der Waals surface area contributed by atoms with Crippen molar-refractivity contribution in [1.29, 1.82) is 0 Å². The predicted octanol–water partition coefficient (Wildman–Crippen LogP) is 3.76. The molecule has 0 fully saturated rings. The number of fused-ring (bicyclic) bond motifs is 1. The van der Waals surface area contributed by atoms with Crippen LogP contribution >= 0.6 is 11.6 Å². The number of hydrogen-bond acceptors (Lipinski definition) is 1. The molecular weight excluding hydrogens is 258 g/mol. The molecule has 1 aliphatic rings. The SMILES string of the molecule is O=C(N[C@H]1CCc2ccccc21)c1ccccc1Cl. The summed E-state index contributed by atoms with van der Waals surface area (Å²) in [6, 6.07) is 15.5. The van der Waals surface area contributed by atoms with E-state index in [4.69, 9.17) is 11.6 Å². The lowest BCUT2D eigenvalue weighted by Crippen LogP contribution is -2.27. The van der Waals surface area contributed by atoms with Gasteiger partial charge < -0.3 is 5.32 Å². The fourth-order valence-electron chi connectivity index (χ4n) is 2.59. The number of benzene rings is 2. The zero-order valence-corrected chi connectivity index (χ0v) is 11.2. The van der Waals surface area contributed by atoms with E-state index in [2.05, 4.69) is 17.4 Å². The zero-order chi connectivity index (χ0) is 13.2. The molecule has 1 aliphatic carbocycles. The summed E-state index contributed by atoms with van der Waals surface area (Å²) in [5, 5.41) is 3.56. The molecule has 0 saturated heterocycles. The second-order valence-electron chi connectivity index (χ2n) is 4.74. The lowest BCUT2D eigenvalue weighted by Gasteiger charge is -2.14. The van der Waals surface area contributed by atoms with Crippen LogP contribution in [0, 0.1) is 0 Å². The summed E-state index contributed by atoms with van der Waals surface area (Å²) in [5.41, 5.74) is 3.09. The molecule has 1 atom stereocenters. The van der Waals surface area contributed by atoms with Gasteiger partial charge in [0.15, 0.2) is 0 Å². The first-order valence-corrected chi connectivity index (χ1v) is 6.76. The highest BCUT2D eigenvalue weighted by Crippen LogP contribution is 2.31. The topological polar surface area (TPSA) is 29.1 Å². The number of nitrogens with one attached hydrogen (secondary N) is 1. The minimum absolute atomic E-state index is 0.0972. The second kappa shape index (κ2) is 5.06. The third-order valence-electron chi connectivity index (χ3n) is 3.56. The van der Waals surface area contributed by atoms with Gasteiger partial charge in [-0.2, -0.15) is 0 Å². The van der Waals surface area contributed by atoms with E-state index in [9.17, 15) is 4.79 Å². The van der Waals surface area contributed by atoms with Crippen molar-refractivity contribution in [3.8, 4) is 0 Å². The Morgan fingerprint density at radius 3 is 2.68 bits per heavy atom. The fraction of sp³-hybridized carbons (Fsp3) is 0.188. The van der Waals surface area contributed by atoms with E-state index in [1.165, 1.54) is 11.1 Å². The molecule has 0 heterocycles. The smallest absolute Gasteiger partial charge is 0.253 e. The first-order chi connectivity index (χ1) is 9.25. The summed E-state index contributed by atoms with van der Waals surface area (Å²) in [4.78, 5) is 12.2. The van der Waals surface area contributed by atoms with E-state index < -0.39 is 0 Å². The van der Waals surface area contributed by atoms with Crippen molar-refractivity contribution in [2.45, 2.75) is 18.9 Å². The van der Waals surface area contributed by atoms with Crippen LogP contribution in [0.2, 0.25) is 5.02 Å². The maximum atomic E-state index is 12.2. The summed E-state index contributed by atoms with van der Waals surface area (Å²) in [6.07, 6.45) is 1.97. The second-order valence-corrected chi connectivity index (χ2v) is 5.15. The van der Waals surface area contributed by atoms with Crippen molar-refractivity contribution in [2.75, 3.05) is 0 Å². The number of hydrogen-bond donors (Lipinski definition) is 1. The van der Waals surface area contributed by atoms with E-state index in [-0.39, 0.29) is 11.9 Å². The molecule has 19 heavy (non-hydrogen) atoms. The number of carbonyl (C=O) groups is 1. The van der Waals surface area contributed by atoms with Crippen LogP contribution in [0.25, 0.3) is 0 Å². The average molecular weight is 272 g/mol. The summed E-state index contributed by atoms with van der Waals surface area (Å²) in [7, 11) is 0. The van der Waals surface area contributed by atoms with E-state index in [0.29, 0.717) is 10.6 Å². The Kier molecular flexibility index (Phi) is 3.26. The van der Waals surface area contributed by atoms with Gasteiger partial charge in [0.2, 0.25) is 0 Å². The van der Waals surface area contributed by atoms with E-state index in [0.717, 1.165) is 12.8 Å². The van der Waals surface area contributed by atoms with Crippen LogP contribution in [-0.4, -0.2) is 5.91 Å². The molecule has 1 N–H and O–H groups in total. The Hall–Kier alpha value is -1.80. The molecule has 0 spiro atoms. The van der Waals surface area contributed by atoms with Crippen LogP contribution in [0.3, 0.4) is 0 Å². The molecular formula is C16H14ClNO. The molecule has 2 aromatic rings. The highest BCUT2D eigenvalue weighted by molar-refractivity contribution is 6.33. The third kappa shape index (κ3) is 2.36. The maximum absolute atomic E-state index is 12.2. The van der Waals surface area contributed by atoms with E-state index in [1.54, 1.807) is 12.1 Å². The van der Waals surface area contributed by atoms with Crippen LogP contribution in [0.5, 0.6) is 0 Å². The Bertz CT molecular complexity index is 624. The number of amides is 1. The minimum Gasteiger partial charge on any atom is -0.345 e. The van der Waals surface area contributed by atoms with Crippen molar-refractivity contribution < 1.29 is 4.79 Å². The summed E-state index contributed by atoms with van der Waals surface area (Å²) in [6.45, 7) is 0. The fourth-order valence-corrected chi connectivity index (χ4v) is 2.81. The molecule has 1 amide bonds. The summed E-state index contributed by atoms with van der Waals surface area (Å²) < 4.78 is 0. The van der Waals surface area contributed by atoms with Crippen LogP contribution in [0.1, 0.15) is 33.9 Å². The Morgan fingerprint density at radius 2 is 1.84 bits per heavy atom. The van der Waals surface area contributed by atoms with E-state index >= 15 is 0 Å². The van der Waals surface area contributed by atoms with Gasteiger partial charge >= 0.3 is 0 Å². The number of carbonyl (C=O) groups excluding carboxylic acids is 1. The molecule has 0 saturated carbocycles.